The van der Waals surface area contributed by atoms with E-state index in [2.05, 4.69) is 49.3 Å². The Balaban J connectivity index is 1.87. The van der Waals surface area contributed by atoms with Crippen LogP contribution in [0.25, 0.3) is 0 Å². The summed E-state index contributed by atoms with van der Waals surface area (Å²) in [5.74, 6) is 0.0385. The molecule has 0 aliphatic carbocycles. The van der Waals surface area contributed by atoms with Crippen molar-refractivity contribution in [2.45, 2.75) is 18.3 Å². The Labute approximate surface area is 135 Å². The van der Waals surface area contributed by atoms with Crippen LogP contribution >= 0.6 is 31.9 Å². The zero-order valence-corrected chi connectivity index (χ0v) is 14.1. The number of carbonyl (C=O) groups is 1. The molecule has 2 aromatic rings. The highest BCUT2D eigenvalue weighted by molar-refractivity contribution is 9.10. The van der Waals surface area contributed by atoms with Gasteiger partial charge < -0.3 is 5.32 Å². The van der Waals surface area contributed by atoms with Crippen molar-refractivity contribution < 1.29 is 4.79 Å². The Morgan fingerprint density at radius 2 is 1.70 bits per heavy atom. The minimum Gasteiger partial charge on any atom is -0.352 e. The highest BCUT2D eigenvalue weighted by Crippen LogP contribution is 2.11. The third kappa shape index (κ3) is 4.76. The van der Waals surface area contributed by atoms with Crippen LogP contribution < -0.4 is 5.32 Å². The van der Waals surface area contributed by atoms with Gasteiger partial charge in [-0.2, -0.15) is 0 Å². The summed E-state index contributed by atoms with van der Waals surface area (Å²) in [6.07, 6.45) is 0.408. The van der Waals surface area contributed by atoms with E-state index in [1.807, 2.05) is 36.4 Å². The van der Waals surface area contributed by atoms with Crippen molar-refractivity contribution in [3.8, 4) is 0 Å². The van der Waals surface area contributed by atoms with Gasteiger partial charge in [0.1, 0.15) is 0 Å². The second-order valence-corrected chi connectivity index (χ2v) is 6.01. The fourth-order valence-electron chi connectivity index (χ4n) is 1.87. The molecule has 0 heterocycles. The molecule has 2 nitrogen and oxygen atoms in total. The van der Waals surface area contributed by atoms with Gasteiger partial charge in [0, 0.05) is 16.3 Å². The van der Waals surface area contributed by atoms with E-state index in [1.165, 1.54) is 5.56 Å². The predicted molar refractivity (Wildman–Crippen MR) is 88.8 cm³/mol. The summed E-state index contributed by atoms with van der Waals surface area (Å²) in [5, 5.41) is 3.77. The maximum atomic E-state index is 11.9. The first-order valence-electron chi connectivity index (χ1n) is 6.32. The average Bonchev–Trinajstić information content (AvgIpc) is 2.48. The average molecular weight is 397 g/mol. The van der Waals surface area contributed by atoms with Crippen LogP contribution in [0.3, 0.4) is 0 Å². The zero-order valence-electron chi connectivity index (χ0n) is 10.9. The lowest BCUT2D eigenvalue weighted by Gasteiger charge is -2.07. The van der Waals surface area contributed by atoms with Crippen LogP contribution in [0.1, 0.15) is 16.7 Å². The summed E-state index contributed by atoms with van der Waals surface area (Å²) >= 11 is 6.81. The van der Waals surface area contributed by atoms with Crippen molar-refractivity contribution in [3.63, 3.8) is 0 Å². The summed E-state index contributed by atoms with van der Waals surface area (Å²) in [4.78, 5) is 11.9. The number of rotatable bonds is 5. The Morgan fingerprint density at radius 1 is 1.00 bits per heavy atom. The van der Waals surface area contributed by atoms with E-state index in [0.29, 0.717) is 13.0 Å². The molecule has 0 atom stereocenters. The lowest BCUT2D eigenvalue weighted by atomic mass is 10.1. The zero-order chi connectivity index (χ0) is 14.4. The SMILES string of the molecule is O=C(Cc1ccc(Br)cc1)NCc1cccc(CBr)c1. The molecule has 0 saturated heterocycles. The largest absolute Gasteiger partial charge is 0.352 e. The highest BCUT2D eigenvalue weighted by atomic mass is 79.9. The van der Waals surface area contributed by atoms with Crippen LogP contribution in [0.5, 0.6) is 0 Å². The number of amides is 1. The standard InChI is InChI=1S/C16H15Br2NO/c17-10-13-2-1-3-14(8-13)11-19-16(20)9-12-4-6-15(18)7-5-12/h1-8H,9-11H2,(H,19,20). The van der Waals surface area contributed by atoms with Crippen LogP contribution in [0.4, 0.5) is 0 Å². The van der Waals surface area contributed by atoms with Crippen LogP contribution in [-0.2, 0) is 23.1 Å². The molecule has 104 valence electrons. The van der Waals surface area contributed by atoms with Crippen molar-refractivity contribution in [1.82, 2.24) is 5.32 Å². The van der Waals surface area contributed by atoms with Gasteiger partial charge in [0.25, 0.3) is 0 Å². The highest BCUT2D eigenvalue weighted by Gasteiger charge is 2.03. The molecule has 0 aromatic heterocycles. The van der Waals surface area contributed by atoms with Crippen LogP contribution in [-0.4, -0.2) is 5.91 Å². The molecule has 0 fully saturated rings. The van der Waals surface area contributed by atoms with E-state index in [4.69, 9.17) is 0 Å². The number of hydrogen-bond donors (Lipinski definition) is 1. The Bertz CT molecular complexity index is 581. The number of nitrogens with one attached hydrogen (secondary N) is 1. The fraction of sp³-hybridized carbons (Fsp3) is 0.188. The summed E-state index contributed by atoms with van der Waals surface area (Å²) in [6.45, 7) is 0.566. The lowest BCUT2D eigenvalue weighted by molar-refractivity contribution is -0.120. The first kappa shape index (κ1) is 15.3. The summed E-state index contributed by atoms with van der Waals surface area (Å²) in [5.41, 5.74) is 3.34. The van der Waals surface area contributed by atoms with E-state index in [0.717, 1.165) is 20.9 Å². The molecule has 0 saturated carbocycles. The van der Waals surface area contributed by atoms with Gasteiger partial charge in [0.05, 0.1) is 6.42 Å². The Morgan fingerprint density at radius 3 is 2.40 bits per heavy atom. The minimum absolute atomic E-state index is 0.0385. The van der Waals surface area contributed by atoms with Crippen molar-refractivity contribution >= 4 is 37.8 Å². The van der Waals surface area contributed by atoms with Gasteiger partial charge in [-0.15, -0.1) is 0 Å². The van der Waals surface area contributed by atoms with Crippen molar-refractivity contribution in [2.24, 2.45) is 0 Å². The van der Waals surface area contributed by atoms with E-state index < -0.39 is 0 Å². The number of benzene rings is 2. The van der Waals surface area contributed by atoms with Crippen LogP contribution in [0.2, 0.25) is 0 Å². The van der Waals surface area contributed by atoms with Crippen LogP contribution in [0.15, 0.2) is 53.0 Å². The number of carbonyl (C=O) groups excluding carboxylic acids is 1. The molecule has 0 radical (unpaired) electrons. The molecule has 1 N–H and O–H groups in total. The van der Waals surface area contributed by atoms with Gasteiger partial charge in [-0.05, 0) is 28.8 Å². The molecule has 2 aromatic carbocycles. The minimum atomic E-state index is 0.0385. The normalized spacial score (nSPS) is 10.3. The summed E-state index contributed by atoms with van der Waals surface area (Å²) < 4.78 is 1.02. The molecule has 0 aliphatic heterocycles. The first-order chi connectivity index (χ1) is 9.67. The maximum Gasteiger partial charge on any atom is 0.224 e. The molecule has 0 bridgehead atoms. The van der Waals surface area contributed by atoms with Gasteiger partial charge in [0.15, 0.2) is 0 Å². The monoisotopic (exact) mass is 395 g/mol. The van der Waals surface area contributed by atoms with Crippen molar-refractivity contribution in [3.05, 3.63) is 69.7 Å². The molecular formula is C16H15Br2NO. The van der Waals surface area contributed by atoms with Gasteiger partial charge in [-0.3, -0.25) is 4.79 Å². The number of alkyl halides is 1. The van der Waals surface area contributed by atoms with E-state index >= 15 is 0 Å². The molecular weight excluding hydrogens is 382 g/mol. The molecule has 4 heteroatoms. The summed E-state index contributed by atoms with van der Waals surface area (Å²) in [6, 6.07) is 16.0. The maximum absolute atomic E-state index is 11.9. The molecule has 2 rings (SSSR count). The van der Waals surface area contributed by atoms with Gasteiger partial charge in [-0.1, -0.05) is 68.3 Å². The molecule has 0 spiro atoms. The van der Waals surface area contributed by atoms with Gasteiger partial charge >= 0.3 is 0 Å². The molecule has 20 heavy (non-hydrogen) atoms. The molecule has 0 unspecified atom stereocenters. The second-order valence-electron chi connectivity index (χ2n) is 4.53. The lowest BCUT2D eigenvalue weighted by Crippen LogP contribution is -2.24. The quantitative estimate of drug-likeness (QED) is 0.753. The van der Waals surface area contributed by atoms with E-state index in [9.17, 15) is 4.79 Å². The third-order valence-electron chi connectivity index (χ3n) is 2.91. The van der Waals surface area contributed by atoms with E-state index in [-0.39, 0.29) is 5.91 Å². The van der Waals surface area contributed by atoms with Crippen molar-refractivity contribution in [2.75, 3.05) is 0 Å². The first-order valence-corrected chi connectivity index (χ1v) is 8.24. The van der Waals surface area contributed by atoms with Gasteiger partial charge in [0.2, 0.25) is 5.91 Å². The fourth-order valence-corrected chi connectivity index (χ4v) is 2.49. The Hall–Kier alpha value is -1.13. The second kappa shape index (κ2) is 7.60. The van der Waals surface area contributed by atoms with Crippen LogP contribution in [0, 0.1) is 0 Å². The summed E-state index contributed by atoms with van der Waals surface area (Å²) in [7, 11) is 0. The topological polar surface area (TPSA) is 29.1 Å². The van der Waals surface area contributed by atoms with E-state index in [1.54, 1.807) is 0 Å². The number of halogens is 2. The molecule has 1 amide bonds. The number of hydrogen-bond acceptors (Lipinski definition) is 1. The van der Waals surface area contributed by atoms with Gasteiger partial charge in [-0.25, -0.2) is 0 Å². The predicted octanol–water partition coefficient (Wildman–Crippen LogP) is 4.20. The molecule has 0 aliphatic rings. The Kier molecular flexibility index (Phi) is 5.80. The van der Waals surface area contributed by atoms with Crippen molar-refractivity contribution in [1.29, 1.82) is 0 Å². The smallest absolute Gasteiger partial charge is 0.224 e. The third-order valence-corrected chi connectivity index (χ3v) is 4.09.